The van der Waals surface area contributed by atoms with Crippen LogP contribution in [0.25, 0.3) is 5.69 Å². The van der Waals surface area contributed by atoms with E-state index in [2.05, 4.69) is 15.4 Å². The third-order valence-electron chi connectivity index (χ3n) is 3.66. The van der Waals surface area contributed by atoms with Gasteiger partial charge in [0, 0.05) is 6.20 Å². The van der Waals surface area contributed by atoms with Crippen LogP contribution in [-0.4, -0.2) is 20.7 Å². The molecule has 0 atom stereocenters. The van der Waals surface area contributed by atoms with Gasteiger partial charge in [-0.2, -0.15) is 5.10 Å². The van der Waals surface area contributed by atoms with Gasteiger partial charge in [0.05, 0.1) is 35.4 Å². The molecule has 1 amide bonds. The summed E-state index contributed by atoms with van der Waals surface area (Å²) in [6, 6.07) is 11.7. The molecule has 1 aromatic carbocycles. The zero-order chi connectivity index (χ0) is 16.9. The van der Waals surface area contributed by atoms with Gasteiger partial charge in [0.25, 0.3) is 5.91 Å². The SMILES string of the molecule is CCc1c(C(=O)NCc2ccccn2)cnn1-c1cccc(F)c1. The van der Waals surface area contributed by atoms with Crippen LogP contribution >= 0.6 is 0 Å². The molecule has 0 fully saturated rings. The Morgan fingerprint density at radius 2 is 2.12 bits per heavy atom. The maximum Gasteiger partial charge on any atom is 0.255 e. The third-order valence-corrected chi connectivity index (χ3v) is 3.66. The molecule has 24 heavy (non-hydrogen) atoms. The minimum Gasteiger partial charge on any atom is -0.346 e. The van der Waals surface area contributed by atoms with E-state index in [1.165, 1.54) is 18.3 Å². The smallest absolute Gasteiger partial charge is 0.255 e. The number of nitrogens with zero attached hydrogens (tertiary/aromatic N) is 3. The summed E-state index contributed by atoms with van der Waals surface area (Å²) in [6.45, 7) is 2.27. The second-order valence-electron chi connectivity index (χ2n) is 5.25. The van der Waals surface area contributed by atoms with Crippen LogP contribution in [0.5, 0.6) is 0 Å². The first-order valence-electron chi connectivity index (χ1n) is 7.70. The first-order valence-corrected chi connectivity index (χ1v) is 7.70. The summed E-state index contributed by atoms with van der Waals surface area (Å²) in [5.41, 5.74) is 2.59. The highest BCUT2D eigenvalue weighted by molar-refractivity contribution is 5.95. The molecule has 2 aromatic heterocycles. The predicted octanol–water partition coefficient (Wildman–Crippen LogP) is 2.90. The highest BCUT2D eigenvalue weighted by Gasteiger charge is 2.17. The fourth-order valence-electron chi connectivity index (χ4n) is 2.50. The Morgan fingerprint density at radius 3 is 2.83 bits per heavy atom. The summed E-state index contributed by atoms with van der Waals surface area (Å²) in [5.74, 6) is -0.564. The molecule has 0 radical (unpaired) electrons. The van der Waals surface area contributed by atoms with Gasteiger partial charge in [0.15, 0.2) is 0 Å². The zero-order valence-corrected chi connectivity index (χ0v) is 13.2. The van der Waals surface area contributed by atoms with Crippen LogP contribution in [0, 0.1) is 5.82 Å². The number of nitrogens with one attached hydrogen (secondary N) is 1. The molecule has 2 heterocycles. The quantitative estimate of drug-likeness (QED) is 0.785. The van der Waals surface area contributed by atoms with Crippen molar-refractivity contribution in [3.05, 3.63) is 77.6 Å². The van der Waals surface area contributed by atoms with Gasteiger partial charge >= 0.3 is 0 Å². The van der Waals surface area contributed by atoms with E-state index in [-0.39, 0.29) is 11.7 Å². The standard InChI is InChI=1S/C18H17FN4O/c1-2-17-16(18(24)21-11-14-7-3-4-9-20-14)12-22-23(17)15-8-5-6-13(19)10-15/h3-10,12H,2,11H2,1H3,(H,21,24). The molecule has 0 saturated heterocycles. The lowest BCUT2D eigenvalue weighted by atomic mass is 10.2. The number of carbonyl (C=O) groups is 1. The van der Waals surface area contributed by atoms with Crippen molar-refractivity contribution < 1.29 is 9.18 Å². The maximum absolute atomic E-state index is 13.4. The first kappa shape index (κ1) is 15.9. The van der Waals surface area contributed by atoms with Gasteiger partial charge in [0.2, 0.25) is 0 Å². The minimum absolute atomic E-state index is 0.222. The van der Waals surface area contributed by atoms with E-state index in [1.807, 2.05) is 25.1 Å². The number of aromatic nitrogens is 3. The molecule has 0 aliphatic heterocycles. The van der Waals surface area contributed by atoms with E-state index in [9.17, 15) is 9.18 Å². The zero-order valence-electron chi connectivity index (χ0n) is 13.2. The molecule has 0 aliphatic carbocycles. The highest BCUT2D eigenvalue weighted by atomic mass is 19.1. The average Bonchev–Trinajstić information content (AvgIpc) is 3.04. The largest absolute Gasteiger partial charge is 0.346 e. The molecule has 3 rings (SSSR count). The summed E-state index contributed by atoms with van der Waals surface area (Å²) >= 11 is 0. The van der Waals surface area contributed by atoms with Gasteiger partial charge in [-0.15, -0.1) is 0 Å². The van der Waals surface area contributed by atoms with Gasteiger partial charge in [-0.25, -0.2) is 9.07 Å². The van der Waals surface area contributed by atoms with E-state index >= 15 is 0 Å². The molecule has 3 aromatic rings. The molecule has 122 valence electrons. The van der Waals surface area contributed by atoms with Crippen molar-refractivity contribution in [3.63, 3.8) is 0 Å². The lowest BCUT2D eigenvalue weighted by Crippen LogP contribution is -2.24. The number of amides is 1. The Labute approximate surface area is 139 Å². The van der Waals surface area contributed by atoms with E-state index in [1.54, 1.807) is 23.0 Å². The van der Waals surface area contributed by atoms with E-state index in [4.69, 9.17) is 0 Å². The topological polar surface area (TPSA) is 59.8 Å². The Balaban J connectivity index is 1.82. The lowest BCUT2D eigenvalue weighted by molar-refractivity contribution is 0.0949. The third kappa shape index (κ3) is 3.32. The van der Waals surface area contributed by atoms with Crippen molar-refractivity contribution in [1.29, 1.82) is 0 Å². The first-order chi connectivity index (χ1) is 11.7. The summed E-state index contributed by atoms with van der Waals surface area (Å²) < 4.78 is 15.0. The van der Waals surface area contributed by atoms with Crippen LogP contribution in [0.3, 0.4) is 0 Å². The molecular formula is C18H17FN4O. The minimum atomic E-state index is -0.341. The number of benzene rings is 1. The van der Waals surface area contributed by atoms with Crippen molar-refractivity contribution in [3.8, 4) is 5.69 Å². The van der Waals surface area contributed by atoms with Gasteiger partial charge in [-0.3, -0.25) is 9.78 Å². The van der Waals surface area contributed by atoms with Crippen molar-refractivity contribution in [2.75, 3.05) is 0 Å². The lowest BCUT2D eigenvalue weighted by Gasteiger charge is -2.08. The van der Waals surface area contributed by atoms with Crippen LogP contribution in [0.1, 0.15) is 28.7 Å². The second kappa shape index (κ2) is 7.04. The summed E-state index contributed by atoms with van der Waals surface area (Å²) in [6.07, 6.45) is 3.79. The fraction of sp³-hybridized carbons (Fsp3) is 0.167. The van der Waals surface area contributed by atoms with Crippen LogP contribution < -0.4 is 5.32 Å². The number of hydrogen-bond acceptors (Lipinski definition) is 3. The summed E-state index contributed by atoms with van der Waals surface area (Å²) in [7, 11) is 0. The molecule has 5 nitrogen and oxygen atoms in total. The Bertz CT molecular complexity index is 845. The van der Waals surface area contributed by atoms with Crippen LogP contribution in [-0.2, 0) is 13.0 Å². The van der Waals surface area contributed by atoms with Crippen LogP contribution in [0.4, 0.5) is 4.39 Å². The summed E-state index contributed by atoms with van der Waals surface area (Å²) in [5, 5.41) is 7.09. The number of rotatable bonds is 5. The number of pyridine rings is 1. The van der Waals surface area contributed by atoms with E-state index < -0.39 is 0 Å². The molecule has 6 heteroatoms. The van der Waals surface area contributed by atoms with E-state index in [0.717, 1.165) is 11.4 Å². The molecular weight excluding hydrogens is 307 g/mol. The second-order valence-corrected chi connectivity index (χ2v) is 5.25. The van der Waals surface area contributed by atoms with Crippen LogP contribution in [0.2, 0.25) is 0 Å². The van der Waals surface area contributed by atoms with Gasteiger partial charge in [-0.05, 0) is 36.8 Å². The molecule has 0 aliphatic rings. The Morgan fingerprint density at radius 1 is 1.25 bits per heavy atom. The Kier molecular flexibility index (Phi) is 4.65. The Hall–Kier alpha value is -3.02. The van der Waals surface area contributed by atoms with Crippen molar-refractivity contribution in [1.82, 2.24) is 20.1 Å². The molecule has 1 N–H and O–H groups in total. The normalized spacial score (nSPS) is 10.6. The number of hydrogen-bond donors (Lipinski definition) is 1. The van der Waals surface area contributed by atoms with Gasteiger partial charge < -0.3 is 5.32 Å². The average molecular weight is 324 g/mol. The van der Waals surface area contributed by atoms with Gasteiger partial charge in [-0.1, -0.05) is 19.1 Å². The van der Waals surface area contributed by atoms with E-state index in [0.29, 0.717) is 24.2 Å². The van der Waals surface area contributed by atoms with Crippen molar-refractivity contribution >= 4 is 5.91 Å². The van der Waals surface area contributed by atoms with Crippen molar-refractivity contribution in [2.45, 2.75) is 19.9 Å². The maximum atomic E-state index is 13.4. The molecule has 0 unspecified atom stereocenters. The molecule has 0 saturated carbocycles. The number of halogens is 1. The van der Waals surface area contributed by atoms with Crippen molar-refractivity contribution in [2.24, 2.45) is 0 Å². The van der Waals surface area contributed by atoms with Gasteiger partial charge in [0.1, 0.15) is 5.82 Å². The fourth-order valence-corrected chi connectivity index (χ4v) is 2.50. The monoisotopic (exact) mass is 324 g/mol. The number of carbonyl (C=O) groups excluding carboxylic acids is 1. The predicted molar refractivity (Wildman–Crippen MR) is 88.3 cm³/mol. The molecule has 0 bridgehead atoms. The highest BCUT2D eigenvalue weighted by Crippen LogP contribution is 2.16. The molecule has 0 spiro atoms. The van der Waals surface area contributed by atoms with Crippen LogP contribution in [0.15, 0.2) is 54.9 Å². The summed E-state index contributed by atoms with van der Waals surface area (Å²) in [4.78, 5) is 16.6.